The number of rotatable bonds is 6. The van der Waals surface area contributed by atoms with Crippen LogP contribution in [0.2, 0.25) is 0 Å². The first-order valence-corrected chi connectivity index (χ1v) is 9.20. The van der Waals surface area contributed by atoms with Crippen molar-refractivity contribution in [3.8, 4) is 5.75 Å². The molecule has 2 aromatic carbocycles. The number of benzene rings is 2. The normalized spacial score (nSPS) is 18.0. The predicted molar refractivity (Wildman–Crippen MR) is 103 cm³/mol. The lowest BCUT2D eigenvalue weighted by Crippen LogP contribution is -2.44. The number of carboxylic acids is 1. The molecule has 146 valence electrons. The average Bonchev–Trinajstić information content (AvgIpc) is 2.77. The maximum Gasteiger partial charge on any atom is 0.335 e. The third-order valence-corrected chi connectivity index (χ3v) is 5.33. The van der Waals surface area contributed by atoms with Gasteiger partial charge in [-0.25, -0.2) is 4.79 Å². The number of fused-ring (bicyclic) bond motifs is 2. The first kappa shape index (κ1) is 19.6. The van der Waals surface area contributed by atoms with Crippen LogP contribution in [-0.2, 0) is 27.8 Å². The molecule has 1 aliphatic carbocycles. The summed E-state index contributed by atoms with van der Waals surface area (Å²) in [6.07, 6.45) is 1.62. The number of carbonyl (C=O) groups is 3. The number of amides is 1. The third kappa shape index (κ3) is 3.26. The van der Waals surface area contributed by atoms with E-state index in [9.17, 15) is 19.5 Å². The number of ether oxygens (including phenoxy) is 1. The first-order valence-electron chi connectivity index (χ1n) is 9.20. The number of hydrogen-bond acceptors (Lipinski definition) is 4. The second-order valence-corrected chi connectivity index (χ2v) is 7.58. The maximum atomic E-state index is 12.9. The smallest absolute Gasteiger partial charge is 0.335 e. The van der Waals surface area contributed by atoms with Crippen molar-refractivity contribution in [2.45, 2.75) is 38.5 Å². The summed E-state index contributed by atoms with van der Waals surface area (Å²) >= 11 is 0. The van der Waals surface area contributed by atoms with Gasteiger partial charge in [0.2, 0.25) is 5.91 Å². The summed E-state index contributed by atoms with van der Waals surface area (Å²) in [5, 5.41) is 9.37. The molecule has 3 N–H and O–H groups in total. The SMILES string of the molecule is CC(C)CC1(C(N)=O)c2ccc(OC=O)cc2CCc2cc(C(=O)O)ccc21. The minimum atomic E-state index is -1.08. The van der Waals surface area contributed by atoms with Crippen LogP contribution in [0.25, 0.3) is 0 Å². The van der Waals surface area contributed by atoms with Crippen LogP contribution >= 0.6 is 0 Å². The fourth-order valence-electron chi connectivity index (χ4n) is 4.28. The summed E-state index contributed by atoms with van der Waals surface area (Å²) in [6.45, 7) is 4.40. The number of hydrogen-bond donors (Lipinski definition) is 2. The Labute approximate surface area is 163 Å². The molecule has 0 spiro atoms. The molecule has 1 unspecified atom stereocenters. The number of aromatic carboxylic acids is 1. The van der Waals surface area contributed by atoms with Crippen LogP contribution in [0.3, 0.4) is 0 Å². The van der Waals surface area contributed by atoms with Crippen molar-refractivity contribution in [3.63, 3.8) is 0 Å². The number of aryl methyl sites for hydroxylation is 2. The molecule has 6 nitrogen and oxygen atoms in total. The summed E-state index contributed by atoms with van der Waals surface area (Å²) in [6, 6.07) is 10.1. The van der Waals surface area contributed by atoms with Gasteiger partial charge in [-0.15, -0.1) is 0 Å². The molecule has 3 rings (SSSR count). The van der Waals surface area contributed by atoms with Crippen LogP contribution in [0.1, 0.15) is 52.9 Å². The molecular formula is C22H23NO5. The van der Waals surface area contributed by atoms with Crippen molar-refractivity contribution in [3.05, 3.63) is 64.2 Å². The average molecular weight is 381 g/mol. The van der Waals surface area contributed by atoms with Crippen LogP contribution in [0.5, 0.6) is 5.75 Å². The Morgan fingerprint density at radius 1 is 1.14 bits per heavy atom. The van der Waals surface area contributed by atoms with E-state index in [1.165, 1.54) is 6.07 Å². The van der Waals surface area contributed by atoms with Gasteiger partial charge in [0.25, 0.3) is 6.47 Å². The monoisotopic (exact) mass is 381 g/mol. The number of primary amides is 1. The van der Waals surface area contributed by atoms with E-state index in [0.29, 0.717) is 31.5 Å². The lowest BCUT2D eigenvalue weighted by Gasteiger charge is -2.35. The van der Waals surface area contributed by atoms with Crippen molar-refractivity contribution < 1.29 is 24.2 Å². The highest BCUT2D eigenvalue weighted by Gasteiger charge is 2.45. The third-order valence-electron chi connectivity index (χ3n) is 5.33. The molecule has 0 bridgehead atoms. The molecule has 0 heterocycles. The molecule has 0 aromatic heterocycles. The molecule has 28 heavy (non-hydrogen) atoms. The molecule has 0 saturated carbocycles. The Morgan fingerprint density at radius 3 is 2.29 bits per heavy atom. The number of carbonyl (C=O) groups excluding carboxylic acids is 2. The Morgan fingerprint density at radius 2 is 1.75 bits per heavy atom. The van der Waals surface area contributed by atoms with Crippen molar-refractivity contribution in [2.75, 3.05) is 0 Å². The molecule has 0 radical (unpaired) electrons. The Hall–Kier alpha value is -3.15. The fourth-order valence-corrected chi connectivity index (χ4v) is 4.28. The second-order valence-electron chi connectivity index (χ2n) is 7.58. The lowest BCUT2D eigenvalue weighted by atomic mass is 9.67. The number of nitrogens with two attached hydrogens (primary N) is 1. The summed E-state index contributed by atoms with van der Waals surface area (Å²) in [5.74, 6) is -0.928. The molecule has 2 aromatic rings. The maximum absolute atomic E-state index is 12.9. The second kappa shape index (κ2) is 7.46. The zero-order valence-electron chi connectivity index (χ0n) is 15.9. The molecule has 1 aliphatic rings. The van der Waals surface area contributed by atoms with E-state index in [1.54, 1.807) is 30.3 Å². The molecule has 0 aliphatic heterocycles. The van der Waals surface area contributed by atoms with Gasteiger partial charge in [-0.3, -0.25) is 9.59 Å². The fraction of sp³-hybridized carbons (Fsp3) is 0.318. The zero-order valence-corrected chi connectivity index (χ0v) is 15.9. The van der Waals surface area contributed by atoms with E-state index in [4.69, 9.17) is 10.5 Å². The highest BCUT2D eigenvalue weighted by molar-refractivity contribution is 5.93. The number of carboxylic acid groups (broad SMARTS) is 1. The lowest BCUT2D eigenvalue weighted by molar-refractivity contribution is -0.123. The first-order chi connectivity index (χ1) is 13.3. The molecule has 0 saturated heterocycles. The van der Waals surface area contributed by atoms with Gasteiger partial charge in [0.05, 0.1) is 11.0 Å². The Kier molecular flexibility index (Phi) is 5.23. The quantitative estimate of drug-likeness (QED) is 0.748. The van der Waals surface area contributed by atoms with Crippen molar-refractivity contribution in [1.82, 2.24) is 0 Å². The minimum absolute atomic E-state index is 0.163. The van der Waals surface area contributed by atoms with E-state index in [1.807, 2.05) is 13.8 Å². The van der Waals surface area contributed by atoms with Crippen LogP contribution in [-0.4, -0.2) is 23.5 Å². The summed E-state index contributed by atoms with van der Waals surface area (Å²) in [5.41, 5.74) is 8.31. The van der Waals surface area contributed by atoms with E-state index in [-0.39, 0.29) is 11.5 Å². The summed E-state index contributed by atoms with van der Waals surface area (Å²) in [4.78, 5) is 35.1. The highest BCUT2D eigenvalue weighted by atomic mass is 16.5. The van der Waals surface area contributed by atoms with Gasteiger partial charge < -0.3 is 15.6 Å². The van der Waals surface area contributed by atoms with Crippen LogP contribution < -0.4 is 10.5 Å². The van der Waals surface area contributed by atoms with Crippen molar-refractivity contribution in [2.24, 2.45) is 11.7 Å². The molecular weight excluding hydrogens is 358 g/mol. The van der Waals surface area contributed by atoms with E-state index < -0.39 is 17.3 Å². The van der Waals surface area contributed by atoms with Gasteiger partial charge in [0.15, 0.2) is 0 Å². The van der Waals surface area contributed by atoms with E-state index in [2.05, 4.69) is 0 Å². The van der Waals surface area contributed by atoms with Gasteiger partial charge in [-0.1, -0.05) is 26.0 Å². The van der Waals surface area contributed by atoms with Gasteiger partial charge in [-0.2, -0.15) is 0 Å². The topological polar surface area (TPSA) is 107 Å². The molecule has 1 atom stereocenters. The largest absolute Gasteiger partial charge is 0.478 e. The van der Waals surface area contributed by atoms with Gasteiger partial charge in [0.1, 0.15) is 5.75 Å². The van der Waals surface area contributed by atoms with Gasteiger partial charge in [-0.05, 0) is 71.7 Å². The Balaban J connectivity index is 2.31. The highest BCUT2D eigenvalue weighted by Crippen LogP contribution is 2.45. The van der Waals surface area contributed by atoms with Crippen molar-refractivity contribution in [1.29, 1.82) is 0 Å². The zero-order chi connectivity index (χ0) is 20.5. The summed E-state index contributed by atoms with van der Waals surface area (Å²) in [7, 11) is 0. The van der Waals surface area contributed by atoms with Crippen LogP contribution in [0.4, 0.5) is 0 Å². The van der Waals surface area contributed by atoms with E-state index >= 15 is 0 Å². The molecule has 1 amide bonds. The molecule has 6 heteroatoms. The van der Waals surface area contributed by atoms with Gasteiger partial charge in [0, 0.05) is 0 Å². The standard InChI is InChI=1S/C22H23NO5/c1-13(2)11-22(21(23)27)18-7-5-16(20(25)26)9-14(18)3-4-15-10-17(28-12-24)6-8-19(15)22/h5-10,12-13H,3-4,11H2,1-2H3,(H2,23,27)(H,25,26). The minimum Gasteiger partial charge on any atom is -0.478 e. The van der Waals surface area contributed by atoms with Gasteiger partial charge >= 0.3 is 5.97 Å². The summed E-state index contributed by atoms with van der Waals surface area (Å²) < 4.78 is 4.98. The molecule has 0 fully saturated rings. The van der Waals surface area contributed by atoms with Crippen molar-refractivity contribution >= 4 is 18.3 Å². The Bertz CT molecular complexity index is 950. The predicted octanol–water partition coefficient (Wildman–Crippen LogP) is 2.84. The van der Waals surface area contributed by atoms with Crippen LogP contribution in [0, 0.1) is 5.92 Å². The van der Waals surface area contributed by atoms with E-state index in [0.717, 1.165) is 22.3 Å². The van der Waals surface area contributed by atoms with Crippen LogP contribution in [0.15, 0.2) is 36.4 Å².